The Labute approximate surface area is 91.1 Å². The van der Waals surface area contributed by atoms with Crippen molar-refractivity contribution in [3.63, 3.8) is 0 Å². The summed E-state index contributed by atoms with van der Waals surface area (Å²) in [4.78, 5) is 0. The zero-order valence-electron chi connectivity index (χ0n) is 10.2. The van der Waals surface area contributed by atoms with Crippen LogP contribution in [0.1, 0.15) is 33.4 Å². The lowest BCUT2D eigenvalue weighted by molar-refractivity contribution is 0.457. The van der Waals surface area contributed by atoms with Crippen LogP contribution in [0.25, 0.3) is 0 Å². The molecule has 1 N–H and O–H groups in total. The molecular weight excluding hydrogens is 188 g/mol. The Balaban J connectivity index is 1.91. The van der Waals surface area contributed by atoms with E-state index in [-0.39, 0.29) is 0 Å². The van der Waals surface area contributed by atoms with Gasteiger partial charge in [0.2, 0.25) is 0 Å². The Morgan fingerprint density at radius 2 is 1.93 bits per heavy atom. The maximum absolute atomic E-state index is 4.06. The van der Waals surface area contributed by atoms with Crippen molar-refractivity contribution in [1.82, 2.24) is 20.3 Å². The van der Waals surface area contributed by atoms with E-state index in [1.165, 1.54) is 0 Å². The van der Waals surface area contributed by atoms with Crippen molar-refractivity contribution in [1.29, 1.82) is 0 Å². The van der Waals surface area contributed by atoms with Crippen LogP contribution in [0.2, 0.25) is 0 Å². The van der Waals surface area contributed by atoms with E-state index in [1.54, 1.807) is 4.68 Å². The molecule has 1 aliphatic rings. The highest BCUT2D eigenvalue weighted by atomic mass is 15.4. The number of aromatic nitrogens is 3. The van der Waals surface area contributed by atoms with Crippen molar-refractivity contribution >= 4 is 0 Å². The molecule has 1 fully saturated rings. The van der Waals surface area contributed by atoms with Gasteiger partial charge in [-0.05, 0) is 10.8 Å². The molecule has 84 valence electrons. The first kappa shape index (κ1) is 10.6. The molecule has 1 saturated carbocycles. The molecule has 0 unspecified atom stereocenters. The summed E-state index contributed by atoms with van der Waals surface area (Å²) in [5.74, 6) is 0. The second-order valence-corrected chi connectivity index (χ2v) is 5.64. The average molecular weight is 208 g/mol. The van der Waals surface area contributed by atoms with E-state index in [9.17, 15) is 0 Å². The van der Waals surface area contributed by atoms with E-state index in [4.69, 9.17) is 0 Å². The van der Waals surface area contributed by atoms with Crippen LogP contribution in [0.15, 0.2) is 6.20 Å². The third-order valence-corrected chi connectivity index (χ3v) is 4.16. The zero-order chi connectivity index (χ0) is 11.3. The van der Waals surface area contributed by atoms with Gasteiger partial charge in [0.1, 0.15) is 0 Å². The van der Waals surface area contributed by atoms with Crippen LogP contribution in [0.5, 0.6) is 0 Å². The lowest BCUT2D eigenvalue weighted by atomic mass is 10.0. The molecule has 0 spiro atoms. The number of aryl methyl sites for hydroxylation is 1. The van der Waals surface area contributed by atoms with E-state index >= 15 is 0 Å². The summed E-state index contributed by atoms with van der Waals surface area (Å²) in [6, 6.07) is 0.576. The number of nitrogens with one attached hydrogen (secondary N) is 1. The predicted molar refractivity (Wildman–Crippen MR) is 59.2 cm³/mol. The third kappa shape index (κ3) is 1.57. The zero-order valence-corrected chi connectivity index (χ0v) is 10.2. The molecule has 0 aromatic carbocycles. The minimum Gasteiger partial charge on any atom is -0.307 e. The second-order valence-electron chi connectivity index (χ2n) is 5.64. The molecule has 1 aliphatic carbocycles. The van der Waals surface area contributed by atoms with Gasteiger partial charge in [-0.2, -0.15) is 0 Å². The Hall–Kier alpha value is -0.900. The van der Waals surface area contributed by atoms with Gasteiger partial charge in [-0.15, -0.1) is 5.10 Å². The smallest absolute Gasteiger partial charge is 0.0964 e. The molecule has 0 bridgehead atoms. The molecule has 4 nitrogen and oxygen atoms in total. The fourth-order valence-corrected chi connectivity index (χ4v) is 2.39. The number of rotatable bonds is 3. The summed E-state index contributed by atoms with van der Waals surface area (Å²) >= 11 is 0. The van der Waals surface area contributed by atoms with E-state index in [2.05, 4.69) is 43.3 Å². The van der Waals surface area contributed by atoms with Crippen LogP contribution in [0.4, 0.5) is 0 Å². The molecule has 1 heterocycles. The first-order valence-electron chi connectivity index (χ1n) is 5.44. The lowest BCUT2D eigenvalue weighted by Crippen LogP contribution is -2.21. The van der Waals surface area contributed by atoms with E-state index in [1.807, 2.05) is 13.2 Å². The molecule has 4 heteroatoms. The van der Waals surface area contributed by atoms with Crippen LogP contribution < -0.4 is 5.32 Å². The topological polar surface area (TPSA) is 42.7 Å². The summed E-state index contributed by atoms with van der Waals surface area (Å²) in [6.45, 7) is 10.0. The fraction of sp³-hybridized carbons (Fsp3) is 0.818. The minimum atomic E-state index is 0.384. The summed E-state index contributed by atoms with van der Waals surface area (Å²) < 4.78 is 1.74. The van der Waals surface area contributed by atoms with Crippen LogP contribution in [-0.4, -0.2) is 21.0 Å². The summed E-state index contributed by atoms with van der Waals surface area (Å²) in [6.07, 6.45) is 1.95. The van der Waals surface area contributed by atoms with E-state index < -0.39 is 0 Å². The maximum Gasteiger partial charge on any atom is 0.0964 e. The molecule has 1 aromatic heterocycles. The van der Waals surface area contributed by atoms with Crippen molar-refractivity contribution in [3.05, 3.63) is 11.9 Å². The molecule has 0 radical (unpaired) electrons. The Morgan fingerprint density at radius 1 is 1.33 bits per heavy atom. The van der Waals surface area contributed by atoms with E-state index in [0.29, 0.717) is 16.9 Å². The van der Waals surface area contributed by atoms with Gasteiger partial charge in [-0.3, -0.25) is 4.68 Å². The molecule has 1 aromatic rings. The first-order chi connectivity index (χ1) is 6.85. The van der Waals surface area contributed by atoms with Crippen LogP contribution in [0, 0.1) is 10.8 Å². The third-order valence-electron chi connectivity index (χ3n) is 4.16. The van der Waals surface area contributed by atoms with Crippen molar-refractivity contribution < 1.29 is 0 Å². The molecule has 2 rings (SSSR count). The molecular formula is C11H20N4. The summed E-state index contributed by atoms with van der Waals surface area (Å²) in [5, 5.41) is 11.5. The Kier molecular flexibility index (Phi) is 2.15. The SMILES string of the molecule is Cn1cc(CNC2C(C)(C)C2(C)C)nn1. The van der Waals surface area contributed by atoms with Gasteiger partial charge < -0.3 is 5.32 Å². The minimum absolute atomic E-state index is 0.384. The standard InChI is InChI=1S/C11H20N4/c1-10(2)9(11(10,3)4)12-6-8-7-15(5)14-13-8/h7,9,12H,6H2,1-5H3. The molecule has 0 atom stereocenters. The van der Waals surface area contributed by atoms with Gasteiger partial charge in [0.05, 0.1) is 5.69 Å². The highest BCUT2D eigenvalue weighted by Gasteiger charge is 2.64. The van der Waals surface area contributed by atoms with E-state index in [0.717, 1.165) is 12.2 Å². The number of hydrogen-bond donors (Lipinski definition) is 1. The van der Waals surface area contributed by atoms with Gasteiger partial charge in [0.25, 0.3) is 0 Å². The number of hydrogen-bond acceptors (Lipinski definition) is 3. The van der Waals surface area contributed by atoms with Gasteiger partial charge in [0.15, 0.2) is 0 Å². The monoisotopic (exact) mass is 208 g/mol. The molecule has 0 saturated heterocycles. The Morgan fingerprint density at radius 3 is 2.33 bits per heavy atom. The van der Waals surface area contributed by atoms with Gasteiger partial charge >= 0.3 is 0 Å². The Bertz CT molecular complexity index is 350. The largest absolute Gasteiger partial charge is 0.307 e. The average Bonchev–Trinajstić information content (AvgIpc) is 2.50. The van der Waals surface area contributed by atoms with Crippen molar-refractivity contribution in [2.45, 2.75) is 40.3 Å². The molecule has 15 heavy (non-hydrogen) atoms. The predicted octanol–water partition coefficient (Wildman–Crippen LogP) is 1.34. The fourth-order valence-electron chi connectivity index (χ4n) is 2.39. The van der Waals surface area contributed by atoms with Gasteiger partial charge in [0, 0.05) is 25.8 Å². The van der Waals surface area contributed by atoms with Crippen molar-refractivity contribution in [3.8, 4) is 0 Å². The van der Waals surface area contributed by atoms with Gasteiger partial charge in [-0.1, -0.05) is 32.9 Å². The second kappa shape index (κ2) is 3.04. The summed E-state index contributed by atoms with van der Waals surface area (Å²) in [7, 11) is 1.89. The molecule has 0 amide bonds. The number of nitrogens with zero attached hydrogens (tertiary/aromatic N) is 3. The lowest BCUT2D eigenvalue weighted by Gasteiger charge is -2.03. The van der Waals surface area contributed by atoms with Crippen molar-refractivity contribution in [2.75, 3.05) is 0 Å². The normalized spacial score (nSPS) is 23.0. The van der Waals surface area contributed by atoms with Crippen LogP contribution >= 0.6 is 0 Å². The van der Waals surface area contributed by atoms with Crippen LogP contribution in [0.3, 0.4) is 0 Å². The maximum atomic E-state index is 4.06. The highest BCUT2D eigenvalue weighted by molar-refractivity contribution is 5.18. The van der Waals surface area contributed by atoms with Crippen molar-refractivity contribution in [2.24, 2.45) is 17.9 Å². The van der Waals surface area contributed by atoms with Crippen LogP contribution in [-0.2, 0) is 13.6 Å². The van der Waals surface area contributed by atoms with Gasteiger partial charge in [-0.25, -0.2) is 0 Å². The molecule has 0 aliphatic heterocycles. The summed E-state index contributed by atoms with van der Waals surface area (Å²) in [5.41, 5.74) is 1.78. The quantitative estimate of drug-likeness (QED) is 0.815. The highest BCUT2D eigenvalue weighted by Crippen LogP contribution is 2.62. The first-order valence-corrected chi connectivity index (χ1v) is 5.44.